The largest absolute Gasteiger partial charge is 0.491 e. The van der Waals surface area contributed by atoms with E-state index in [1.807, 2.05) is 30.9 Å². The van der Waals surface area contributed by atoms with Crippen molar-refractivity contribution in [1.29, 1.82) is 0 Å². The molecule has 1 heterocycles. The summed E-state index contributed by atoms with van der Waals surface area (Å²) in [4.78, 5) is 14.3. The van der Waals surface area contributed by atoms with Crippen molar-refractivity contribution in [1.82, 2.24) is 4.90 Å². The average Bonchev–Trinajstić information content (AvgIpc) is 2.60. The van der Waals surface area contributed by atoms with Crippen LogP contribution in [0.5, 0.6) is 5.75 Å². The van der Waals surface area contributed by atoms with Gasteiger partial charge in [0, 0.05) is 26.6 Å². The maximum Gasteiger partial charge on any atom is 0.219 e. The fourth-order valence-electron chi connectivity index (χ4n) is 4.58. The molecule has 0 unspecified atom stereocenters. The van der Waals surface area contributed by atoms with Gasteiger partial charge >= 0.3 is 0 Å². The molecule has 29 heavy (non-hydrogen) atoms. The quantitative estimate of drug-likeness (QED) is 0.532. The molecular formula is C25H41NO3. The zero-order valence-electron chi connectivity index (χ0n) is 19.5. The van der Waals surface area contributed by atoms with E-state index in [1.54, 1.807) is 6.92 Å². The van der Waals surface area contributed by atoms with Gasteiger partial charge in [-0.3, -0.25) is 4.79 Å². The van der Waals surface area contributed by atoms with E-state index in [2.05, 4.69) is 39.8 Å². The van der Waals surface area contributed by atoms with E-state index >= 15 is 0 Å². The molecule has 0 bridgehead atoms. The van der Waals surface area contributed by atoms with Gasteiger partial charge in [-0.25, -0.2) is 0 Å². The lowest BCUT2D eigenvalue weighted by Crippen LogP contribution is -2.39. The summed E-state index contributed by atoms with van der Waals surface area (Å²) in [5.41, 5.74) is 1.11. The predicted octanol–water partition coefficient (Wildman–Crippen LogP) is 5.69. The second-order valence-electron chi connectivity index (χ2n) is 9.81. The van der Waals surface area contributed by atoms with Gasteiger partial charge in [-0.05, 0) is 82.4 Å². The van der Waals surface area contributed by atoms with Crippen LogP contribution in [0.3, 0.4) is 0 Å². The molecule has 1 aliphatic heterocycles. The highest BCUT2D eigenvalue weighted by atomic mass is 16.5. The Morgan fingerprint density at radius 2 is 1.86 bits per heavy atom. The smallest absolute Gasteiger partial charge is 0.219 e. The van der Waals surface area contributed by atoms with E-state index in [0.29, 0.717) is 24.3 Å². The number of hydrogen-bond acceptors (Lipinski definition) is 3. The summed E-state index contributed by atoms with van der Waals surface area (Å²) in [5, 5.41) is 0. The van der Waals surface area contributed by atoms with E-state index in [4.69, 9.17) is 9.47 Å². The lowest BCUT2D eigenvalue weighted by Gasteiger charge is -2.41. The van der Waals surface area contributed by atoms with Gasteiger partial charge in [0.05, 0.1) is 11.7 Å². The third-order valence-corrected chi connectivity index (χ3v) is 6.04. The van der Waals surface area contributed by atoms with Crippen LogP contribution in [0.1, 0.15) is 73.3 Å². The third-order valence-electron chi connectivity index (χ3n) is 6.04. The Labute approximate surface area is 178 Å². The van der Waals surface area contributed by atoms with Gasteiger partial charge < -0.3 is 14.4 Å². The predicted molar refractivity (Wildman–Crippen MR) is 119 cm³/mol. The lowest BCUT2D eigenvalue weighted by molar-refractivity contribution is -0.130. The van der Waals surface area contributed by atoms with Gasteiger partial charge in [0.25, 0.3) is 0 Å². The van der Waals surface area contributed by atoms with Gasteiger partial charge in [-0.1, -0.05) is 26.0 Å². The van der Waals surface area contributed by atoms with Crippen LogP contribution in [0.4, 0.5) is 0 Å². The second kappa shape index (κ2) is 10.5. The average molecular weight is 404 g/mol. The zero-order valence-corrected chi connectivity index (χ0v) is 19.5. The molecule has 0 aliphatic carbocycles. The summed E-state index contributed by atoms with van der Waals surface area (Å²) < 4.78 is 11.6. The number of carbonyl (C=O) groups is 1. The minimum absolute atomic E-state index is 0.0316. The van der Waals surface area contributed by atoms with Crippen LogP contribution in [-0.4, -0.2) is 35.7 Å². The fraction of sp³-hybridized carbons (Fsp3) is 0.720. The van der Waals surface area contributed by atoms with Crippen molar-refractivity contribution >= 4 is 5.91 Å². The van der Waals surface area contributed by atoms with E-state index < -0.39 is 0 Å². The molecule has 2 atom stereocenters. The number of benzene rings is 1. The van der Waals surface area contributed by atoms with E-state index in [1.165, 1.54) is 0 Å². The van der Waals surface area contributed by atoms with Crippen LogP contribution in [0.15, 0.2) is 24.3 Å². The van der Waals surface area contributed by atoms with Crippen molar-refractivity contribution in [2.45, 2.75) is 86.0 Å². The van der Waals surface area contributed by atoms with Crippen molar-refractivity contribution in [3.63, 3.8) is 0 Å². The maximum absolute atomic E-state index is 12.3. The molecule has 1 fully saturated rings. The van der Waals surface area contributed by atoms with E-state index in [9.17, 15) is 4.79 Å². The highest BCUT2D eigenvalue weighted by Gasteiger charge is 2.34. The maximum atomic E-state index is 12.3. The first-order valence-electron chi connectivity index (χ1n) is 11.2. The Morgan fingerprint density at radius 1 is 1.21 bits per heavy atom. The van der Waals surface area contributed by atoms with Gasteiger partial charge in [0.15, 0.2) is 0 Å². The monoisotopic (exact) mass is 403 g/mol. The Bertz CT molecular complexity index is 636. The summed E-state index contributed by atoms with van der Waals surface area (Å²) >= 11 is 0. The van der Waals surface area contributed by atoms with Crippen LogP contribution < -0.4 is 4.74 Å². The highest BCUT2D eigenvalue weighted by molar-refractivity contribution is 5.73. The van der Waals surface area contributed by atoms with Crippen LogP contribution in [0.25, 0.3) is 0 Å². The lowest BCUT2D eigenvalue weighted by atomic mass is 9.73. The first-order chi connectivity index (χ1) is 13.6. The number of hydrogen-bond donors (Lipinski definition) is 0. The third kappa shape index (κ3) is 7.65. The van der Waals surface area contributed by atoms with Crippen molar-refractivity contribution in [3.05, 3.63) is 29.8 Å². The SMILES string of the molecule is CC(=O)N(CC[C@H](C(C)C)[C@@H]1CCOC(C)(C)C1)Cc1ccc(OC(C)C)cc1. The Kier molecular flexibility index (Phi) is 8.57. The second-order valence-corrected chi connectivity index (χ2v) is 9.81. The van der Waals surface area contributed by atoms with Crippen molar-refractivity contribution in [3.8, 4) is 5.75 Å². The number of ether oxygens (including phenoxy) is 2. The highest BCUT2D eigenvalue weighted by Crippen LogP contribution is 2.38. The molecule has 2 rings (SSSR count). The van der Waals surface area contributed by atoms with E-state index in [-0.39, 0.29) is 17.6 Å². The molecule has 0 spiro atoms. The van der Waals surface area contributed by atoms with Crippen LogP contribution in [0, 0.1) is 17.8 Å². The fourth-order valence-corrected chi connectivity index (χ4v) is 4.58. The van der Waals surface area contributed by atoms with E-state index in [0.717, 1.165) is 43.7 Å². The summed E-state index contributed by atoms with van der Waals surface area (Å²) in [7, 11) is 0. The molecule has 0 radical (unpaired) electrons. The normalized spacial score (nSPS) is 20.0. The van der Waals surface area contributed by atoms with Crippen molar-refractivity contribution in [2.75, 3.05) is 13.2 Å². The topological polar surface area (TPSA) is 38.8 Å². The molecule has 164 valence electrons. The Balaban J connectivity index is 1.98. The molecule has 1 saturated heterocycles. The first kappa shape index (κ1) is 23.7. The molecular weight excluding hydrogens is 362 g/mol. The van der Waals surface area contributed by atoms with Crippen LogP contribution in [-0.2, 0) is 16.1 Å². The van der Waals surface area contributed by atoms with Crippen molar-refractivity contribution < 1.29 is 14.3 Å². The number of amides is 1. The standard InChI is InChI=1S/C25H41NO3/c1-18(2)24(22-13-15-28-25(6,7)16-22)12-14-26(20(5)27)17-21-8-10-23(11-9-21)29-19(3)4/h8-11,18-19,22,24H,12-17H2,1-7H3/t22-,24-/m1/s1. The van der Waals surface area contributed by atoms with Gasteiger partial charge in [0.2, 0.25) is 5.91 Å². The molecule has 1 amide bonds. The summed E-state index contributed by atoms with van der Waals surface area (Å²) in [6.45, 7) is 17.1. The molecule has 1 aromatic rings. The van der Waals surface area contributed by atoms with Crippen LogP contribution in [0.2, 0.25) is 0 Å². The zero-order chi connectivity index (χ0) is 21.6. The first-order valence-corrected chi connectivity index (χ1v) is 11.2. The number of carbonyl (C=O) groups excluding carboxylic acids is 1. The number of rotatable bonds is 9. The molecule has 0 saturated carbocycles. The van der Waals surface area contributed by atoms with Gasteiger partial charge in [-0.2, -0.15) is 0 Å². The van der Waals surface area contributed by atoms with Gasteiger partial charge in [0.1, 0.15) is 5.75 Å². The molecule has 0 aromatic heterocycles. The summed E-state index contributed by atoms with van der Waals surface area (Å²) in [6, 6.07) is 8.12. The Morgan fingerprint density at radius 3 is 2.38 bits per heavy atom. The number of nitrogens with zero attached hydrogens (tertiary/aromatic N) is 1. The molecule has 4 heteroatoms. The minimum Gasteiger partial charge on any atom is -0.491 e. The Hall–Kier alpha value is -1.55. The van der Waals surface area contributed by atoms with Crippen molar-refractivity contribution in [2.24, 2.45) is 17.8 Å². The summed E-state index contributed by atoms with van der Waals surface area (Å²) in [5.74, 6) is 2.90. The molecule has 0 N–H and O–H groups in total. The summed E-state index contributed by atoms with van der Waals surface area (Å²) in [6.07, 6.45) is 3.45. The molecule has 1 aromatic carbocycles. The molecule has 1 aliphatic rings. The minimum atomic E-state index is -0.0316. The van der Waals surface area contributed by atoms with Crippen LogP contribution >= 0.6 is 0 Å². The molecule has 4 nitrogen and oxygen atoms in total. The van der Waals surface area contributed by atoms with Gasteiger partial charge in [-0.15, -0.1) is 0 Å².